The molecule has 4 heteroatoms. The van der Waals surface area contributed by atoms with Gasteiger partial charge in [0.1, 0.15) is 0 Å². The molecule has 0 aromatic heterocycles. The number of hydrogen-bond acceptors (Lipinski definition) is 2. The second kappa shape index (κ2) is 5.20. The molecule has 1 fully saturated rings. The van der Waals surface area contributed by atoms with Crippen LogP contribution in [0.4, 0.5) is 5.69 Å². The van der Waals surface area contributed by atoms with E-state index < -0.39 is 8.07 Å². The van der Waals surface area contributed by atoms with E-state index in [1.165, 1.54) is 15.7 Å². The Morgan fingerprint density at radius 1 is 0.955 bits per heavy atom. The molecule has 116 valence electrons. The molecule has 1 aliphatic heterocycles. The third-order valence-electron chi connectivity index (χ3n) is 4.95. The molecule has 1 aromatic rings. The largest absolute Gasteiger partial charge is 0.274 e. The molecular weight excluding hydrogens is 290 g/mol. The Hall–Kier alpha value is -1.68. The summed E-state index contributed by atoms with van der Waals surface area (Å²) >= 11 is 0. The second-order valence-electron chi connectivity index (χ2n) is 7.48. The number of allylic oxidation sites excluding steroid dienone is 2. The fraction of sp³-hybridized carbons (Fsp3) is 0.444. The van der Waals surface area contributed by atoms with Gasteiger partial charge in [0.05, 0.1) is 25.6 Å². The van der Waals surface area contributed by atoms with E-state index in [1.54, 1.807) is 0 Å². The predicted molar refractivity (Wildman–Crippen MR) is 91.2 cm³/mol. The summed E-state index contributed by atoms with van der Waals surface area (Å²) in [6.07, 6.45) is 1.53. The van der Waals surface area contributed by atoms with Gasteiger partial charge in [0, 0.05) is 0 Å². The van der Waals surface area contributed by atoms with Crippen molar-refractivity contribution in [3.05, 3.63) is 41.1 Å². The molecule has 3 rings (SSSR count). The fourth-order valence-corrected chi connectivity index (χ4v) is 6.08. The zero-order valence-corrected chi connectivity index (χ0v) is 14.7. The number of benzene rings is 1. The number of amides is 2. The van der Waals surface area contributed by atoms with Crippen LogP contribution in [0.5, 0.6) is 0 Å². The summed E-state index contributed by atoms with van der Waals surface area (Å²) in [4.78, 5) is 27.0. The van der Waals surface area contributed by atoms with Crippen LogP contribution in [0.15, 0.2) is 41.1 Å². The second-order valence-corrected chi connectivity index (χ2v) is 12.6. The maximum absolute atomic E-state index is 12.8. The Morgan fingerprint density at radius 2 is 1.50 bits per heavy atom. The summed E-state index contributed by atoms with van der Waals surface area (Å²) in [5.41, 5.74) is 2.05. The number of imide groups is 1. The Morgan fingerprint density at radius 3 is 2.05 bits per heavy atom. The van der Waals surface area contributed by atoms with E-state index in [1.807, 2.05) is 30.3 Å². The van der Waals surface area contributed by atoms with Crippen molar-refractivity contribution in [2.75, 3.05) is 4.90 Å². The van der Waals surface area contributed by atoms with Crippen molar-refractivity contribution in [1.82, 2.24) is 0 Å². The summed E-state index contributed by atoms with van der Waals surface area (Å²) in [5, 5.41) is 1.48. The number of anilines is 1. The number of para-hydroxylation sites is 1. The van der Waals surface area contributed by atoms with E-state index in [9.17, 15) is 9.59 Å². The van der Waals surface area contributed by atoms with Crippen LogP contribution < -0.4 is 4.90 Å². The monoisotopic (exact) mass is 313 g/mol. The third-order valence-corrected chi connectivity index (χ3v) is 7.39. The number of nitrogens with zero attached hydrogens (tertiary/aromatic N) is 1. The lowest BCUT2D eigenvalue weighted by atomic mass is 9.81. The van der Waals surface area contributed by atoms with E-state index in [0.717, 1.165) is 12.8 Å². The average molecular weight is 313 g/mol. The number of fused-ring (bicyclic) bond motifs is 1. The minimum Gasteiger partial charge on any atom is -0.274 e. The fourth-order valence-electron chi connectivity index (χ4n) is 3.87. The van der Waals surface area contributed by atoms with Crippen LogP contribution in [-0.4, -0.2) is 19.9 Å². The molecule has 2 unspecified atom stereocenters. The van der Waals surface area contributed by atoms with Gasteiger partial charge >= 0.3 is 0 Å². The molecule has 1 aromatic carbocycles. The van der Waals surface area contributed by atoms with E-state index in [2.05, 4.69) is 26.6 Å². The standard InChI is InChI=1S/C18H23NO2Si/c1-12-10-14-15(11-16(12)22(2,3)4)18(21)19(17(14)20)13-8-6-5-7-9-13/h5-9,14-15H,10-11H2,1-4H3. The van der Waals surface area contributed by atoms with E-state index in [4.69, 9.17) is 0 Å². The van der Waals surface area contributed by atoms with E-state index in [0.29, 0.717) is 5.69 Å². The first-order valence-electron chi connectivity index (χ1n) is 7.92. The minimum absolute atomic E-state index is 0.00977. The van der Waals surface area contributed by atoms with Crippen molar-refractivity contribution in [2.24, 2.45) is 11.8 Å². The van der Waals surface area contributed by atoms with Crippen molar-refractivity contribution >= 4 is 25.6 Å². The molecule has 2 aliphatic rings. The molecule has 22 heavy (non-hydrogen) atoms. The zero-order chi connectivity index (χ0) is 16.1. The smallest absolute Gasteiger partial charge is 0.238 e. The summed E-state index contributed by atoms with van der Waals surface area (Å²) in [6.45, 7) is 9.11. The Bertz CT molecular complexity index is 657. The van der Waals surface area contributed by atoms with Crippen LogP contribution in [0.1, 0.15) is 19.8 Å². The van der Waals surface area contributed by atoms with E-state index >= 15 is 0 Å². The Balaban J connectivity index is 1.95. The maximum Gasteiger partial charge on any atom is 0.238 e. The highest BCUT2D eigenvalue weighted by Crippen LogP contribution is 2.44. The molecule has 2 atom stereocenters. The van der Waals surface area contributed by atoms with Crippen molar-refractivity contribution in [3.63, 3.8) is 0 Å². The number of hydrogen-bond donors (Lipinski definition) is 0. The Kier molecular flexibility index (Phi) is 3.60. The van der Waals surface area contributed by atoms with Crippen molar-refractivity contribution in [3.8, 4) is 0 Å². The molecule has 1 aliphatic carbocycles. The lowest BCUT2D eigenvalue weighted by molar-refractivity contribution is -0.122. The highest BCUT2D eigenvalue weighted by Gasteiger charge is 2.50. The lowest BCUT2D eigenvalue weighted by Crippen LogP contribution is -2.33. The first-order valence-corrected chi connectivity index (χ1v) is 11.4. The number of rotatable bonds is 2. The van der Waals surface area contributed by atoms with Gasteiger partial charge in [-0.25, -0.2) is 0 Å². The lowest BCUT2D eigenvalue weighted by Gasteiger charge is -2.32. The number of carbonyl (C=O) groups is 2. The van der Waals surface area contributed by atoms with Crippen molar-refractivity contribution in [2.45, 2.75) is 39.4 Å². The molecule has 0 bridgehead atoms. The van der Waals surface area contributed by atoms with Crippen LogP contribution in [0.25, 0.3) is 0 Å². The summed E-state index contributed by atoms with van der Waals surface area (Å²) < 4.78 is 0. The van der Waals surface area contributed by atoms with Crippen LogP contribution in [0.3, 0.4) is 0 Å². The van der Waals surface area contributed by atoms with Crippen LogP contribution >= 0.6 is 0 Å². The van der Waals surface area contributed by atoms with Gasteiger partial charge in [0.2, 0.25) is 11.8 Å². The SMILES string of the molecule is CC1=C([Si](C)(C)C)CC2C(=O)N(c3ccccc3)C(=O)C2C1. The van der Waals surface area contributed by atoms with Gasteiger partial charge in [-0.15, -0.1) is 0 Å². The van der Waals surface area contributed by atoms with Gasteiger partial charge < -0.3 is 0 Å². The summed E-state index contributed by atoms with van der Waals surface area (Å²) in [6, 6.07) is 9.32. The van der Waals surface area contributed by atoms with Gasteiger partial charge in [-0.05, 0) is 31.9 Å². The van der Waals surface area contributed by atoms with Gasteiger partial charge in [-0.2, -0.15) is 0 Å². The first kappa shape index (κ1) is 15.2. The highest BCUT2D eigenvalue weighted by atomic mass is 28.3. The molecule has 0 spiro atoms. The topological polar surface area (TPSA) is 37.4 Å². The molecule has 2 amide bonds. The van der Waals surface area contributed by atoms with Crippen LogP contribution in [0, 0.1) is 11.8 Å². The maximum atomic E-state index is 12.8. The normalized spacial score (nSPS) is 25.7. The van der Waals surface area contributed by atoms with Crippen molar-refractivity contribution < 1.29 is 9.59 Å². The zero-order valence-electron chi connectivity index (χ0n) is 13.7. The quantitative estimate of drug-likeness (QED) is 0.615. The molecule has 1 saturated heterocycles. The average Bonchev–Trinajstić information content (AvgIpc) is 2.69. The van der Waals surface area contributed by atoms with Gasteiger partial charge in [-0.1, -0.05) is 48.6 Å². The van der Waals surface area contributed by atoms with Gasteiger partial charge in [0.25, 0.3) is 0 Å². The van der Waals surface area contributed by atoms with Crippen LogP contribution in [0.2, 0.25) is 19.6 Å². The van der Waals surface area contributed by atoms with Gasteiger partial charge in [-0.3, -0.25) is 14.5 Å². The summed E-state index contributed by atoms with van der Waals surface area (Å²) in [5.74, 6) is -0.342. The molecule has 0 saturated carbocycles. The van der Waals surface area contributed by atoms with E-state index in [-0.39, 0.29) is 23.7 Å². The molecule has 0 radical (unpaired) electrons. The highest BCUT2D eigenvalue weighted by molar-refractivity contribution is 6.83. The molecule has 1 heterocycles. The molecule has 0 N–H and O–H groups in total. The van der Waals surface area contributed by atoms with Crippen LogP contribution in [-0.2, 0) is 9.59 Å². The third kappa shape index (κ3) is 2.35. The predicted octanol–water partition coefficient (Wildman–Crippen LogP) is 3.78. The minimum atomic E-state index is -1.43. The van der Waals surface area contributed by atoms with Gasteiger partial charge in [0.15, 0.2) is 0 Å². The first-order chi connectivity index (χ1) is 10.3. The van der Waals surface area contributed by atoms with Crippen molar-refractivity contribution in [1.29, 1.82) is 0 Å². The molecule has 3 nitrogen and oxygen atoms in total. The number of carbonyl (C=O) groups excluding carboxylic acids is 2. The molecular formula is C18H23NO2Si. The summed E-state index contributed by atoms with van der Waals surface area (Å²) in [7, 11) is -1.43. The Labute approximate surface area is 133 Å².